The predicted octanol–water partition coefficient (Wildman–Crippen LogP) is 0.219. The molecule has 0 aliphatic carbocycles. The number of rotatable bonds is 0. The van der Waals surface area contributed by atoms with Crippen LogP contribution in [0.25, 0.3) is 0 Å². The highest BCUT2D eigenvalue weighted by Crippen LogP contribution is 2.09. The van der Waals surface area contributed by atoms with Gasteiger partial charge in [-0.25, -0.2) is 19.2 Å². The maximum Gasteiger partial charge on any atom is 0.347 e. The highest BCUT2D eigenvalue weighted by atomic mass is 16.7. The average molecular weight is 294 g/mol. The van der Waals surface area contributed by atoms with E-state index >= 15 is 0 Å². The molecule has 0 radical (unpaired) electrons. The molecular formula is C12H20O8. The van der Waals surface area contributed by atoms with Gasteiger partial charge in [-0.05, 0) is 27.7 Å². The molecule has 8 heteroatoms. The van der Waals surface area contributed by atoms with Gasteiger partial charge in [0.25, 0.3) is 0 Å². The number of cyclic esters (lactones) is 4. The van der Waals surface area contributed by atoms with Gasteiger partial charge in [0.1, 0.15) is 0 Å². The highest BCUT2D eigenvalue weighted by Gasteiger charge is 2.32. The Morgan fingerprint density at radius 1 is 0.550 bits per heavy atom. The molecule has 2 aliphatic heterocycles. The first-order valence-corrected chi connectivity index (χ1v) is 6.04. The summed E-state index contributed by atoms with van der Waals surface area (Å²) in [6.45, 7) is 5.91. The molecule has 2 fully saturated rings. The summed E-state index contributed by atoms with van der Waals surface area (Å²) in [5.74, 6) is -1.92. The summed E-state index contributed by atoms with van der Waals surface area (Å²) in [5, 5.41) is 0. The van der Waals surface area contributed by atoms with Crippen molar-refractivity contribution in [3.8, 4) is 0 Å². The lowest BCUT2D eigenvalue weighted by atomic mass is 10.3. The molecule has 2 rings (SSSR count). The van der Waals surface area contributed by atoms with Crippen LogP contribution >= 0.6 is 0 Å². The van der Waals surface area contributed by atoms with Gasteiger partial charge in [0, 0.05) is 2.85 Å². The number of ether oxygens (including phenoxy) is 4. The van der Waals surface area contributed by atoms with Gasteiger partial charge in [0.05, 0.1) is 0 Å². The van der Waals surface area contributed by atoms with Crippen molar-refractivity contribution < 1.29 is 41.0 Å². The van der Waals surface area contributed by atoms with Crippen LogP contribution in [-0.2, 0) is 38.1 Å². The standard InChI is InChI=1S/2C6H8O4.2H2/c2*1-3-5(7)10-4(2)6(8)9-3;;/h2*3-4H,1-2H3;2*1H/t2*3-,4-;;/m10../s1/i;;2*1+1. The molecule has 0 unspecified atom stereocenters. The van der Waals surface area contributed by atoms with Crippen molar-refractivity contribution in [2.75, 3.05) is 0 Å². The Morgan fingerprint density at radius 3 is 0.850 bits per heavy atom. The predicted molar refractivity (Wildman–Crippen MR) is 66.4 cm³/mol. The van der Waals surface area contributed by atoms with E-state index in [4.69, 9.17) is 0 Å². The fourth-order valence-corrected chi connectivity index (χ4v) is 1.27. The maximum absolute atomic E-state index is 10.7. The maximum atomic E-state index is 10.7. The molecule has 2 heterocycles. The lowest BCUT2D eigenvalue weighted by molar-refractivity contribution is -0.191. The smallest absolute Gasteiger partial charge is 0.347 e. The first kappa shape index (κ1) is 15.9. The van der Waals surface area contributed by atoms with Crippen LogP contribution in [0.4, 0.5) is 0 Å². The minimum atomic E-state index is -0.747. The van der Waals surface area contributed by atoms with Crippen molar-refractivity contribution in [2.45, 2.75) is 52.1 Å². The SMILES string of the molecule is C[C@@H]1OC(=O)[C@H](C)OC1=O.C[C@H]1OC(=O)[C@@H](C)OC1=O.[2HH].[2HH]. The molecule has 0 saturated carbocycles. The third kappa shape index (κ3) is 3.94. The van der Waals surface area contributed by atoms with Gasteiger partial charge in [0.2, 0.25) is 0 Å². The minimum absolute atomic E-state index is 0. The molecule has 0 aromatic heterocycles. The Balaban J connectivity index is 0. The van der Waals surface area contributed by atoms with Crippen molar-refractivity contribution in [1.29, 1.82) is 0 Å². The van der Waals surface area contributed by atoms with Crippen LogP contribution in [0.3, 0.4) is 0 Å². The van der Waals surface area contributed by atoms with E-state index in [9.17, 15) is 19.2 Å². The summed E-state index contributed by atoms with van der Waals surface area (Å²) < 4.78 is 18.4. The summed E-state index contributed by atoms with van der Waals surface area (Å²) in [4.78, 5) is 42.6. The number of esters is 4. The molecular weight excluding hydrogens is 272 g/mol. The second-order valence-corrected chi connectivity index (χ2v) is 4.32. The third-order valence-corrected chi connectivity index (χ3v) is 2.50. The number of carbonyl (C=O) groups is 4. The zero-order valence-electron chi connectivity index (χ0n) is 11.6. The normalized spacial score (nSPS) is 33.0. The van der Waals surface area contributed by atoms with E-state index in [-0.39, 0.29) is 2.85 Å². The van der Waals surface area contributed by atoms with Crippen molar-refractivity contribution in [2.24, 2.45) is 0 Å². The van der Waals surface area contributed by atoms with E-state index in [2.05, 4.69) is 18.9 Å². The Bertz CT molecular complexity index is 359. The van der Waals surface area contributed by atoms with Crippen molar-refractivity contribution in [3.63, 3.8) is 0 Å². The Hall–Kier alpha value is -2.12. The molecule has 20 heavy (non-hydrogen) atoms. The molecule has 8 nitrogen and oxygen atoms in total. The molecule has 4 atom stereocenters. The topological polar surface area (TPSA) is 105 Å². The fourth-order valence-electron chi connectivity index (χ4n) is 1.27. The van der Waals surface area contributed by atoms with Crippen LogP contribution in [0, 0.1) is 0 Å². The molecule has 0 N–H and O–H groups in total. The molecule has 116 valence electrons. The average Bonchev–Trinajstić information content (AvgIpc) is 2.35. The van der Waals surface area contributed by atoms with Crippen LogP contribution in [-0.4, -0.2) is 48.3 Å². The number of carbonyl (C=O) groups excluding carboxylic acids is 4. The van der Waals surface area contributed by atoms with Gasteiger partial charge in [0.15, 0.2) is 24.4 Å². The van der Waals surface area contributed by atoms with E-state index in [1.54, 1.807) is 0 Å². The van der Waals surface area contributed by atoms with E-state index in [1.165, 1.54) is 27.7 Å². The lowest BCUT2D eigenvalue weighted by Crippen LogP contribution is -2.40. The molecule has 2 saturated heterocycles. The second kappa shape index (κ2) is 6.36. The molecule has 2 aliphatic rings. The number of hydrogen-bond acceptors (Lipinski definition) is 8. The molecule has 0 spiro atoms. The largest absolute Gasteiger partial charge is 0.448 e. The van der Waals surface area contributed by atoms with Crippen LogP contribution in [0.15, 0.2) is 0 Å². The van der Waals surface area contributed by atoms with E-state index < -0.39 is 48.3 Å². The van der Waals surface area contributed by atoms with Crippen molar-refractivity contribution in [3.05, 3.63) is 0 Å². The molecule has 0 amide bonds. The van der Waals surface area contributed by atoms with E-state index in [1.807, 2.05) is 0 Å². The van der Waals surface area contributed by atoms with Gasteiger partial charge < -0.3 is 18.9 Å². The third-order valence-electron chi connectivity index (χ3n) is 2.50. The summed E-state index contributed by atoms with van der Waals surface area (Å²) in [6.07, 6.45) is -2.99. The van der Waals surface area contributed by atoms with Gasteiger partial charge in [-0.2, -0.15) is 0 Å². The quantitative estimate of drug-likeness (QED) is 0.461. The van der Waals surface area contributed by atoms with Gasteiger partial charge >= 0.3 is 23.9 Å². The summed E-state index contributed by atoms with van der Waals surface area (Å²) in [7, 11) is 0. The molecule has 0 aromatic rings. The Kier molecular flexibility index (Phi) is 5.06. The second-order valence-electron chi connectivity index (χ2n) is 4.32. The monoisotopic (exact) mass is 294 g/mol. The Morgan fingerprint density at radius 2 is 0.700 bits per heavy atom. The lowest BCUT2D eigenvalue weighted by Gasteiger charge is -2.22. The van der Waals surface area contributed by atoms with E-state index in [0.717, 1.165) is 0 Å². The first-order chi connectivity index (χ1) is 9.22. The Labute approximate surface area is 118 Å². The molecule has 0 bridgehead atoms. The van der Waals surface area contributed by atoms with Gasteiger partial charge in [-0.1, -0.05) is 0 Å². The van der Waals surface area contributed by atoms with E-state index in [0.29, 0.717) is 0 Å². The number of hydrogen-bond donors (Lipinski definition) is 0. The zero-order chi connectivity index (χ0) is 15.4. The summed E-state index contributed by atoms with van der Waals surface area (Å²) >= 11 is 0. The summed E-state index contributed by atoms with van der Waals surface area (Å²) in [6, 6.07) is 0. The fraction of sp³-hybridized carbons (Fsp3) is 0.667. The van der Waals surface area contributed by atoms with Crippen LogP contribution in [0.5, 0.6) is 0 Å². The molecule has 0 aromatic carbocycles. The summed E-state index contributed by atoms with van der Waals surface area (Å²) in [5.41, 5.74) is 0. The van der Waals surface area contributed by atoms with Crippen molar-refractivity contribution in [1.82, 2.24) is 0 Å². The highest BCUT2D eigenvalue weighted by molar-refractivity contribution is 5.87. The zero-order valence-corrected chi connectivity index (χ0v) is 11.6. The van der Waals surface area contributed by atoms with Crippen LogP contribution in [0.1, 0.15) is 30.5 Å². The van der Waals surface area contributed by atoms with Crippen molar-refractivity contribution >= 4 is 23.9 Å². The van der Waals surface area contributed by atoms with Gasteiger partial charge in [-0.3, -0.25) is 0 Å². The van der Waals surface area contributed by atoms with Crippen LogP contribution < -0.4 is 0 Å². The van der Waals surface area contributed by atoms with Crippen LogP contribution in [0.2, 0.25) is 0 Å². The minimum Gasteiger partial charge on any atom is -0.448 e. The van der Waals surface area contributed by atoms with Gasteiger partial charge in [-0.15, -0.1) is 0 Å². The first-order valence-electron chi connectivity index (χ1n) is 6.04.